The Hall–Kier alpha value is -1.13. The first kappa shape index (κ1) is 16.2. The molecule has 0 spiro atoms. The van der Waals surface area contributed by atoms with Gasteiger partial charge in [0, 0.05) is 24.2 Å². The summed E-state index contributed by atoms with van der Waals surface area (Å²) < 4.78 is 5.91. The van der Waals surface area contributed by atoms with Crippen LogP contribution in [0, 0.1) is 0 Å². The molecule has 1 aromatic rings. The predicted molar refractivity (Wildman–Crippen MR) is 86.6 cm³/mol. The standard InChI is InChI=1S/C17H29N3O/c1-17(2,3)18-12-14-8-7-10-16(19-14)21-13-15-9-5-6-11-20(15)4/h7-8,10,15,18H,5-6,9,11-13H2,1-4H3. The third-order valence-corrected chi connectivity index (χ3v) is 3.93. The molecule has 1 unspecified atom stereocenters. The largest absolute Gasteiger partial charge is 0.476 e. The summed E-state index contributed by atoms with van der Waals surface area (Å²) >= 11 is 0. The highest BCUT2D eigenvalue weighted by atomic mass is 16.5. The van der Waals surface area contributed by atoms with Crippen LogP contribution in [0.4, 0.5) is 0 Å². The van der Waals surface area contributed by atoms with Crippen LogP contribution in [0.25, 0.3) is 0 Å². The smallest absolute Gasteiger partial charge is 0.213 e. The number of ether oxygens (including phenoxy) is 1. The van der Waals surface area contributed by atoms with Crippen molar-refractivity contribution in [3.63, 3.8) is 0 Å². The number of nitrogens with zero attached hydrogens (tertiary/aromatic N) is 2. The van der Waals surface area contributed by atoms with E-state index in [0.29, 0.717) is 6.04 Å². The molecule has 1 N–H and O–H groups in total. The Labute approximate surface area is 128 Å². The fourth-order valence-corrected chi connectivity index (χ4v) is 2.53. The lowest BCUT2D eigenvalue weighted by Crippen LogP contribution is -2.40. The van der Waals surface area contributed by atoms with E-state index in [-0.39, 0.29) is 5.54 Å². The Bertz CT molecular complexity index is 442. The van der Waals surface area contributed by atoms with E-state index in [1.165, 1.54) is 25.8 Å². The van der Waals surface area contributed by atoms with E-state index in [0.717, 1.165) is 24.7 Å². The van der Waals surface area contributed by atoms with Gasteiger partial charge in [0.05, 0.1) is 5.69 Å². The highest BCUT2D eigenvalue weighted by molar-refractivity contribution is 5.16. The maximum atomic E-state index is 5.91. The molecule has 1 saturated heterocycles. The molecule has 2 rings (SSSR count). The van der Waals surface area contributed by atoms with Gasteiger partial charge in [0.15, 0.2) is 0 Å². The third-order valence-electron chi connectivity index (χ3n) is 3.93. The SMILES string of the molecule is CN1CCCCC1COc1cccc(CNC(C)(C)C)n1. The zero-order valence-corrected chi connectivity index (χ0v) is 13.9. The molecule has 118 valence electrons. The molecule has 0 amide bonds. The molecule has 1 fully saturated rings. The van der Waals surface area contributed by atoms with Gasteiger partial charge in [-0.05, 0) is 53.3 Å². The number of likely N-dealkylation sites (tertiary alicyclic amines) is 1. The van der Waals surface area contributed by atoms with Gasteiger partial charge >= 0.3 is 0 Å². The quantitative estimate of drug-likeness (QED) is 0.905. The minimum absolute atomic E-state index is 0.101. The second kappa shape index (κ2) is 7.23. The molecule has 0 saturated carbocycles. The monoisotopic (exact) mass is 291 g/mol. The average Bonchev–Trinajstić information content (AvgIpc) is 2.44. The van der Waals surface area contributed by atoms with E-state index in [4.69, 9.17) is 4.74 Å². The van der Waals surface area contributed by atoms with E-state index in [2.05, 4.69) is 43.0 Å². The Morgan fingerprint density at radius 3 is 2.86 bits per heavy atom. The zero-order chi connectivity index (χ0) is 15.3. The van der Waals surface area contributed by atoms with Gasteiger partial charge in [-0.15, -0.1) is 0 Å². The number of pyridine rings is 1. The van der Waals surface area contributed by atoms with E-state index >= 15 is 0 Å². The zero-order valence-electron chi connectivity index (χ0n) is 13.9. The van der Waals surface area contributed by atoms with Crippen LogP contribution in [-0.2, 0) is 6.54 Å². The van der Waals surface area contributed by atoms with Crippen molar-refractivity contribution in [2.24, 2.45) is 0 Å². The van der Waals surface area contributed by atoms with Gasteiger partial charge in [-0.1, -0.05) is 12.5 Å². The van der Waals surface area contributed by atoms with Gasteiger partial charge in [-0.2, -0.15) is 0 Å². The van der Waals surface area contributed by atoms with Crippen molar-refractivity contribution in [2.45, 2.75) is 58.2 Å². The average molecular weight is 291 g/mol. The summed E-state index contributed by atoms with van der Waals surface area (Å²) in [5, 5.41) is 3.45. The molecule has 0 bridgehead atoms. The van der Waals surface area contributed by atoms with Gasteiger partial charge in [-0.3, -0.25) is 0 Å². The maximum Gasteiger partial charge on any atom is 0.213 e. The van der Waals surface area contributed by atoms with Crippen LogP contribution < -0.4 is 10.1 Å². The van der Waals surface area contributed by atoms with Gasteiger partial charge in [0.1, 0.15) is 6.61 Å². The molecule has 4 heteroatoms. The molecule has 0 aliphatic carbocycles. The summed E-state index contributed by atoms with van der Waals surface area (Å²) in [6.45, 7) is 9.16. The number of hydrogen-bond acceptors (Lipinski definition) is 4. The minimum Gasteiger partial charge on any atom is -0.476 e. The minimum atomic E-state index is 0.101. The van der Waals surface area contributed by atoms with Crippen molar-refractivity contribution in [2.75, 3.05) is 20.2 Å². The van der Waals surface area contributed by atoms with Crippen LogP contribution in [0.15, 0.2) is 18.2 Å². The van der Waals surface area contributed by atoms with Crippen LogP contribution in [-0.4, -0.2) is 41.7 Å². The lowest BCUT2D eigenvalue weighted by molar-refractivity contribution is 0.122. The lowest BCUT2D eigenvalue weighted by Gasteiger charge is -2.32. The highest BCUT2D eigenvalue weighted by Gasteiger charge is 2.19. The summed E-state index contributed by atoms with van der Waals surface area (Å²) in [5.74, 6) is 0.738. The van der Waals surface area contributed by atoms with Gasteiger partial charge in [0.2, 0.25) is 5.88 Å². The second-order valence-electron chi connectivity index (χ2n) is 7.01. The Morgan fingerprint density at radius 1 is 1.33 bits per heavy atom. The number of rotatable bonds is 5. The molecule has 1 aromatic heterocycles. The summed E-state index contributed by atoms with van der Waals surface area (Å²) in [5.41, 5.74) is 1.13. The van der Waals surface area contributed by atoms with Crippen molar-refractivity contribution in [1.82, 2.24) is 15.2 Å². The highest BCUT2D eigenvalue weighted by Crippen LogP contribution is 2.16. The van der Waals surface area contributed by atoms with Gasteiger partial charge < -0.3 is 15.0 Å². The van der Waals surface area contributed by atoms with E-state index in [9.17, 15) is 0 Å². The van der Waals surface area contributed by atoms with Crippen molar-refractivity contribution in [1.29, 1.82) is 0 Å². The molecule has 0 radical (unpaired) electrons. The Balaban J connectivity index is 1.85. The number of hydrogen-bond donors (Lipinski definition) is 1. The Kier molecular flexibility index (Phi) is 5.59. The number of aromatic nitrogens is 1. The molecule has 21 heavy (non-hydrogen) atoms. The maximum absolute atomic E-state index is 5.91. The summed E-state index contributed by atoms with van der Waals surface area (Å²) in [6, 6.07) is 6.53. The molecular weight excluding hydrogens is 262 g/mol. The molecule has 1 aliphatic heterocycles. The summed E-state index contributed by atoms with van der Waals surface area (Å²) in [6.07, 6.45) is 3.84. The van der Waals surface area contributed by atoms with Gasteiger partial charge in [-0.25, -0.2) is 4.98 Å². The summed E-state index contributed by atoms with van der Waals surface area (Å²) in [7, 11) is 2.18. The van der Waals surface area contributed by atoms with E-state index in [1.807, 2.05) is 18.2 Å². The topological polar surface area (TPSA) is 37.4 Å². The van der Waals surface area contributed by atoms with Crippen molar-refractivity contribution in [3.05, 3.63) is 23.9 Å². The van der Waals surface area contributed by atoms with Crippen molar-refractivity contribution < 1.29 is 4.74 Å². The molecule has 1 atom stereocenters. The van der Waals surface area contributed by atoms with Crippen LogP contribution in [0.1, 0.15) is 45.7 Å². The van der Waals surface area contributed by atoms with E-state index < -0.39 is 0 Å². The van der Waals surface area contributed by atoms with Crippen LogP contribution >= 0.6 is 0 Å². The van der Waals surface area contributed by atoms with Crippen molar-refractivity contribution >= 4 is 0 Å². The molecule has 2 heterocycles. The van der Waals surface area contributed by atoms with Crippen molar-refractivity contribution in [3.8, 4) is 5.88 Å². The fraction of sp³-hybridized carbons (Fsp3) is 0.706. The van der Waals surface area contributed by atoms with Gasteiger partial charge in [0.25, 0.3) is 0 Å². The fourth-order valence-electron chi connectivity index (χ4n) is 2.53. The first-order valence-electron chi connectivity index (χ1n) is 7.98. The van der Waals surface area contributed by atoms with Crippen LogP contribution in [0.3, 0.4) is 0 Å². The molecule has 4 nitrogen and oxygen atoms in total. The molecule has 1 aliphatic rings. The number of likely N-dealkylation sites (N-methyl/N-ethyl adjacent to an activating group) is 1. The summed E-state index contributed by atoms with van der Waals surface area (Å²) in [4.78, 5) is 6.98. The molecule has 0 aromatic carbocycles. The number of piperidine rings is 1. The second-order valence-corrected chi connectivity index (χ2v) is 7.01. The first-order chi connectivity index (χ1) is 9.94. The first-order valence-corrected chi connectivity index (χ1v) is 7.98. The normalized spacial score (nSPS) is 20.5. The van der Waals surface area contributed by atoms with E-state index in [1.54, 1.807) is 0 Å². The predicted octanol–water partition coefficient (Wildman–Crippen LogP) is 2.83. The third kappa shape index (κ3) is 5.64. The van der Waals surface area contributed by atoms with Crippen LogP contribution in [0.2, 0.25) is 0 Å². The number of nitrogens with one attached hydrogen (secondary N) is 1. The van der Waals surface area contributed by atoms with Crippen LogP contribution in [0.5, 0.6) is 5.88 Å². The lowest BCUT2D eigenvalue weighted by atomic mass is 10.0. The Morgan fingerprint density at radius 2 is 2.14 bits per heavy atom. The molecular formula is C17H29N3O.